The molecule has 0 radical (unpaired) electrons. The molecule has 0 saturated carbocycles. The van der Waals surface area contributed by atoms with Crippen LogP contribution < -0.4 is 5.73 Å². The summed E-state index contributed by atoms with van der Waals surface area (Å²) < 4.78 is 0. The molecule has 86 valence electrons. The Hall–Kier alpha value is -0.0400. The molecule has 2 N–H and O–H groups in total. The first kappa shape index (κ1) is 14.0. The third-order valence-electron chi connectivity index (χ3n) is 3.08. The van der Waals surface area contributed by atoms with Crippen molar-refractivity contribution in [3.8, 4) is 0 Å². The van der Waals surface area contributed by atoms with E-state index in [0.717, 1.165) is 18.4 Å². The maximum atomic E-state index is 5.52. The van der Waals surface area contributed by atoms with Gasteiger partial charge in [0.2, 0.25) is 0 Å². The average Bonchev–Trinajstić information content (AvgIpc) is 2.13. The first-order valence-electron chi connectivity index (χ1n) is 6.40. The van der Waals surface area contributed by atoms with Crippen LogP contribution in [0.25, 0.3) is 0 Å². The summed E-state index contributed by atoms with van der Waals surface area (Å²) in [6.45, 7) is 7.84. The van der Waals surface area contributed by atoms with Gasteiger partial charge in [-0.2, -0.15) is 0 Å². The molecule has 2 unspecified atom stereocenters. The molecule has 2 atom stereocenters. The van der Waals surface area contributed by atoms with Crippen LogP contribution in [0.2, 0.25) is 0 Å². The fraction of sp³-hybridized carbons (Fsp3) is 1.00. The van der Waals surface area contributed by atoms with Crippen molar-refractivity contribution in [3.05, 3.63) is 0 Å². The van der Waals surface area contributed by atoms with Crippen LogP contribution >= 0.6 is 0 Å². The highest BCUT2D eigenvalue weighted by atomic mass is 14.5. The molecule has 0 aliphatic carbocycles. The molecule has 0 spiro atoms. The predicted molar refractivity (Wildman–Crippen MR) is 65.4 cm³/mol. The first-order valence-corrected chi connectivity index (χ1v) is 6.40. The molecule has 0 saturated heterocycles. The Morgan fingerprint density at radius 2 is 1.36 bits per heavy atom. The Morgan fingerprint density at radius 3 is 1.79 bits per heavy atom. The van der Waals surface area contributed by atoms with Crippen LogP contribution in [0.3, 0.4) is 0 Å². The topological polar surface area (TPSA) is 26.0 Å². The first-order chi connectivity index (χ1) is 6.70. The van der Waals surface area contributed by atoms with Crippen molar-refractivity contribution in [1.29, 1.82) is 0 Å². The highest BCUT2D eigenvalue weighted by Crippen LogP contribution is 2.17. The molecule has 0 rings (SSSR count). The molecule has 0 aliphatic heterocycles. The van der Waals surface area contributed by atoms with E-state index >= 15 is 0 Å². The molecule has 14 heavy (non-hydrogen) atoms. The average molecular weight is 199 g/mol. The fourth-order valence-electron chi connectivity index (χ4n) is 2.05. The molecule has 1 heteroatoms. The molecule has 0 heterocycles. The van der Waals surface area contributed by atoms with Gasteiger partial charge in [-0.25, -0.2) is 0 Å². The van der Waals surface area contributed by atoms with Crippen LogP contribution in [0, 0.1) is 11.8 Å². The highest BCUT2D eigenvalue weighted by molar-refractivity contribution is 4.57. The molecule has 0 aromatic carbocycles. The molecule has 0 bridgehead atoms. The van der Waals surface area contributed by atoms with Crippen molar-refractivity contribution in [2.75, 3.05) is 6.54 Å². The Morgan fingerprint density at radius 1 is 0.857 bits per heavy atom. The molecule has 0 aromatic heterocycles. The lowest BCUT2D eigenvalue weighted by molar-refractivity contribution is 0.421. The van der Waals surface area contributed by atoms with Gasteiger partial charge in [-0.1, -0.05) is 59.3 Å². The Labute approximate surface area is 90.5 Å². The van der Waals surface area contributed by atoms with E-state index in [4.69, 9.17) is 5.73 Å². The second-order valence-electron chi connectivity index (χ2n) is 4.86. The minimum Gasteiger partial charge on any atom is -0.330 e. The van der Waals surface area contributed by atoms with Crippen molar-refractivity contribution >= 4 is 0 Å². The van der Waals surface area contributed by atoms with E-state index in [1.165, 1.54) is 44.9 Å². The van der Waals surface area contributed by atoms with E-state index < -0.39 is 0 Å². The quantitative estimate of drug-likeness (QED) is 0.559. The summed E-state index contributed by atoms with van der Waals surface area (Å²) in [6, 6.07) is 0. The lowest BCUT2D eigenvalue weighted by Crippen LogP contribution is -2.05. The van der Waals surface area contributed by atoms with Crippen LogP contribution in [0.15, 0.2) is 0 Å². The maximum Gasteiger partial charge on any atom is -0.00747 e. The van der Waals surface area contributed by atoms with Crippen molar-refractivity contribution < 1.29 is 0 Å². The van der Waals surface area contributed by atoms with Gasteiger partial charge in [-0.05, 0) is 24.8 Å². The van der Waals surface area contributed by atoms with E-state index in [1.54, 1.807) is 0 Å². The Kier molecular flexibility index (Phi) is 9.49. The molecule has 0 aliphatic rings. The van der Waals surface area contributed by atoms with Crippen molar-refractivity contribution in [2.24, 2.45) is 17.6 Å². The van der Waals surface area contributed by atoms with E-state index in [9.17, 15) is 0 Å². The zero-order valence-electron chi connectivity index (χ0n) is 10.4. The highest BCUT2D eigenvalue weighted by Gasteiger charge is 2.03. The number of rotatable bonds is 9. The minimum atomic E-state index is 0.835. The summed E-state index contributed by atoms with van der Waals surface area (Å²) in [6.07, 6.45) is 9.54. The number of nitrogens with two attached hydrogens (primary N) is 1. The number of hydrogen-bond donors (Lipinski definition) is 1. The van der Waals surface area contributed by atoms with Gasteiger partial charge in [0.05, 0.1) is 0 Å². The molecular weight excluding hydrogens is 170 g/mol. The molecular formula is C13H29N. The third kappa shape index (κ3) is 8.55. The van der Waals surface area contributed by atoms with Crippen molar-refractivity contribution in [3.63, 3.8) is 0 Å². The number of unbranched alkanes of at least 4 members (excludes halogenated alkanes) is 1. The monoisotopic (exact) mass is 199 g/mol. The Balaban J connectivity index is 3.19. The summed E-state index contributed by atoms with van der Waals surface area (Å²) in [7, 11) is 0. The predicted octanol–water partition coefficient (Wildman–Crippen LogP) is 3.97. The van der Waals surface area contributed by atoms with Crippen molar-refractivity contribution in [1.82, 2.24) is 0 Å². The van der Waals surface area contributed by atoms with Gasteiger partial charge in [-0.3, -0.25) is 0 Å². The van der Waals surface area contributed by atoms with E-state index in [1.807, 2.05) is 0 Å². The van der Waals surface area contributed by atoms with Crippen LogP contribution in [0.5, 0.6) is 0 Å². The van der Waals surface area contributed by atoms with E-state index in [-0.39, 0.29) is 0 Å². The van der Waals surface area contributed by atoms with Crippen molar-refractivity contribution in [2.45, 2.75) is 65.7 Å². The lowest BCUT2D eigenvalue weighted by atomic mass is 9.95. The molecule has 0 amide bonds. The molecule has 1 nitrogen and oxygen atoms in total. The zero-order chi connectivity index (χ0) is 10.8. The molecule has 0 aromatic rings. The smallest absolute Gasteiger partial charge is 0.00747 e. The summed E-state index contributed by atoms with van der Waals surface area (Å²) in [4.78, 5) is 0. The van der Waals surface area contributed by atoms with Gasteiger partial charge >= 0.3 is 0 Å². The van der Waals surface area contributed by atoms with Gasteiger partial charge < -0.3 is 5.73 Å². The second-order valence-corrected chi connectivity index (χ2v) is 4.86. The Bertz CT molecular complexity index is 97.8. The van der Waals surface area contributed by atoms with Crippen LogP contribution in [-0.4, -0.2) is 6.54 Å². The summed E-state index contributed by atoms with van der Waals surface area (Å²) in [5.41, 5.74) is 5.52. The van der Waals surface area contributed by atoms with E-state index in [2.05, 4.69) is 20.8 Å². The maximum absolute atomic E-state index is 5.52. The lowest BCUT2D eigenvalue weighted by Gasteiger charge is -2.12. The van der Waals surface area contributed by atoms with Crippen LogP contribution in [0.1, 0.15) is 65.7 Å². The zero-order valence-corrected chi connectivity index (χ0v) is 10.4. The van der Waals surface area contributed by atoms with Gasteiger partial charge in [-0.15, -0.1) is 0 Å². The van der Waals surface area contributed by atoms with Crippen LogP contribution in [-0.2, 0) is 0 Å². The number of hydrogen-bond acceptors (Lipinski definition) is 1. The third-order valence-corrected chi connectivity index (χ3v) is 3.08. The summed E-state index contributed by atoms with van der Waals surface area (Å²) in [5.74, 6) is 1.77. The molecule has 0 fully saturated rings. The normalized spacial score (nSPS) is 15.4. The van der Waals surface area contributed by atoms with Gasteiger partial charge in [0.15, 0.2) is 0 Å². The second kappa shape index (κ2) is 9.51. The standard InChI is InChI=1S/C13H29N/c1-4-7-12(2)8-5-6-9-13(3)10-11-14/h12-13H,4-11,14H2,1-3H3. The van der Waals surface area contributed by atoms with Gasteiger partial charge in [0.1, 0.15) is 0 Å². The summed E-state index contributed by atoms with van der Waals surface area (Å²) in [5, 5.41) is 0. The van der Waals surface area contributed by atoms with Gasteiger partial charge in [0, 0.05) is 0 Å². The SMILES string of the molecule is CCCC(C)CCCCC(C)CCN. The largest absolute Gasteiger partial charge is 0.330 e. The fourth-order valence-corrected chi connectivity index (χ4v) is 2.05. The summed E-state index contributed by atoms with van der Waals surface area (Å²) >= 11 is 0. The van der Waals surface area contributed by atoms with Gasteiger partial charge in [0.25, 0.3) is 0 Å². The van der Waals surface area contributed by atoms with E-state index in [0.29, 0.717) is 0 Å². The minimum absolute atomic E-state index is 0.835. The van der Waals surface area contributed by atoms with Crippen LogP contribution in [0.4, 0.5) is 0 Å².